The van der Waals surface area contributed by atoms with Gasteiger partial charge in [-0.15, -0.1) is 0 Å². The number of hydrogen-bond donors (Lipinski definition) is 1. The zero-order valence-corrected chi connectivity index (χ0v) is 11.1. The number of fused-ring (bicyclic) bond motifs is 1. The number of aryl methyl sites for hydroxylation is 1. The summed E-state index contributed by atoms with van der Waals surface area (Å²) in [5.41, 5.74) is 5.50. The van der Waals surface area contributed by atoms with Crippen molar-refractivity contribution in [3.63, 3.8) is 0 Å². The zero-order chi connectivity index (χ0) is 17.6. The van der Waals surface area contributed by atoms with Gasteiger partial charge in [-0.3, -0.25) is 19.0 Å². The Bertz CT molecular complexity index is 918. The molecule has 0 bridgehead atoms. The van der Waals surface area contributed by atoms with E-state index in [0.29, 0.717) is 0 Å². The predicted molar refractivity (Wildman–Crippen MR) is 78.1 cm³/mol. The zero-order valence-electron chi connectivity index (χ0n) is 14.1. The molecular weight excluding hydrogens is 270 g/mol. The maximum atomic E-state index is 12.9. The predicted octanol–water partition coefficient (Wildman–Crippen LogP) is 1.15. The van der Waals surface area contributed by atoms with Crippen molar-refractivity contribution in [2.24, 2.45) is 0 Å². The van der Waals surface area contributed by atoms with E-state index in [2.05, 4.69) is 4.98 Å². The van der Waals surface area contributed by atoms with Crippen LogP contribution in [-0.4, -0.2) is 21.1 Å². The largest absolute Gasteiger partial charge is 0.398 e. The van der Waals surface area contributed by atoms with Gasteiger partial charge in [0.15, 0.2) is 5.78 Å². The molecule has 108 valence electrons. The van der Waals surface area contributed by atoms with Crippen LogP contribution in [0, 0.1) is 6.85 Å². The number of carbonyl (C=O) groups is 2. The first kappa shape index (κ1) is 10.3. The highest BCUT2D eigenvalue weighted by Crippen LogP contribution is 2.24. The van der Waals surface area contributed by atoms with Crippen molar-refractivity contribution in [3.8, 4) is 0 Å². The summed E-state index contributed by atoms with van der Waals surface area (Å²) in [6.07, 6.45) is -0.105. The molecule has 1 aromatic carbocycles. The van der Waals surface area contributed by atoms with Crippen molar-refractivity contribution in [1.29, 1.82) is 0 Å². The van der Waals surface area contributed by atoms with Crippen molar-refractivity contribution in [2.45, 2.75) is 32.2 Å². The van der Waals surface area contributed by atoms with Gasteiger partial charge in [0.25, 0.3) is 5.56 Å². The second kappa shape index (κ2) is 4.80. The summed E-state index contributed by atoms with van der Waals surface area (Å²) >= 11 is 0. The Balaban J connectivity index is 2.34. The molecule has 1 fully saturated rings. The number of benzene rings is 1. The second-order valence-corrected chi connectivity index (χ2v) is 5.09. The minimum atomic E-state index is -2.68. The summed E-state index contributed by atoms with van der Waals surface area (Å²) in [5.74, 6) is -1.15. The third kappa shape index (κ3) is 2.12. The number of nitrogen functional groups attached to an aromatic ring is 1. The molecule has 0 saturated heterocycles. The quantitative estimate of drug-likeness (QED) is 0.627. The number of aromatic nitrogens is 2. The van der Waals surface area contributed by atoms with E-state index in [0.717, 1.165) is 4.57 Å². The SMILES string of the molecule is [2H]C([2H])([2H])c1nc2cccc(N)c2c(=O)n1[C@H]1CCC(=O)CC1=O. The van der Waals surface area contributed by atoms with Gasteiger partial charge in [0.1, 0.15) is 11.6 Å². The molecule has 0 aliphatic heterocycles. The van der Waals surface area contributed by atoms with Crippen molar-refractivity contribution < 1.29 is 13.7 Å². The number of nitrogens with two attached hydrogens (primary N) is 1. The first-order chi connectivity index (χ1) is 11.2. The Morgan fingerprint density at radius 3 is 2.90 bits per heavy atom. The summed E-state index contributed by atoms with van der Waals surface area (Å²) in [7, 11) is 0. The lowest BCUT2D eigenvalue weighted by atomic mass is 9.92. The minimum absolute atomic E-state index is 0.0789. The molecule has 1 aliphatic carbocycles. The molecule has 0 radical (unpaired) electrons. The number of hydrogen-bond acceptors (Lipinski definition) is 5. The molecule has 1 saturated carbocycles. The Morgan fingerprint density at radius 2 is 2.19 bits per heavy atom. The third-order valence-electron chi connectivity index (χ3n) is 3.71. The van der Waals surface area contributed by atoms with Gasteiger partial charge in [-0.25, -0.2) is 4.98 Å². The Kier molecular flexibility index (Phi) is 2.35. The molecule has 1 heterocycles. The van der Waals surface area contributed by atoms with Crippen LogP contribution in [0.5, 0.6) is 0 Å². The summed E-state index contributed by atoms with van der Waals surface area (Å²) in [4.78, 5) is 40.6. The molecule has 1 atom stereocenters. The monoisotopic (exact) mass is 288 g/mol. The van der Waals surface area contributed by atoms with Gasteiger partial charge in [0.2, 0.25) is 0 Å². The summed E-state index contributed by atoms with van der Waals surface area (Å²) in [6.45, 7) is -2.68. The maximum Gasteiger partial charge on any atom is 0.264 e. The molecule has 6 heteroatoms. The van der Waals surface area contributed by atoms with Gasteiger partial charge in [-0.1, -0.05) is 6.07 Å². The second-order valence-electron chi connectivity index (χ2n) is 5.09. The first-order valence-corrected chi connectivity index (χ1v) is 6.56. The van der Waals surface area contributed by atoms with Gasteiger partial charge in [0, 0.05) is 16.2 Å². The molecule has 1 aromatic heterocycles. The van der Waals surface area contributed by atoms with Crippen molar-refractivity contribution >= 4 is 28.2 Å². The van der Waals surface area contributed by atoms with E-state index in [4.69, 9.17) is 9.85 Å². The van der Waals surface area contributed by atoms with Gasteiger partial charge >= 0.3 is 0 Å². The number of Topliss-reactive ketones (excluding diaryl/α,β-unsaturated/α-hetero) is 2. The number of carbonyl (C=O) groups excluding carboxylic acids is 2. The van der Waals surface area contributed by atoms with Gasteiger partial charge < -0.3 is 5.73 Å². The molecule has 2 aromatic rings. The number of anilines is 1. The van der Waals surface area contributed by atoms with Crippen LogP contribution in [0.1, 0.15) is 35.2 Å². The van der Waals surface area contributed by atoms with Crippen LogP contribution in [0.2, 0.25) is 0 Å². The van der Waals surface area contributed by atoms with Gasteiger partial charge in [-0.2, -0.15) is 0 Å². The average Bonchev–Trinajstić information content (AvgIpc) is 2.47. The van der Waals surface area contributed by atoms with E-state index in [1.807, 2.05) is 0 Å². The lowest BCUT2D eigenvalue weighted by molar-refractivity contribution is -0.132. The number of nitrogens with zero attached hydrogens (tertiary/aromatic N) is 2. The molecule has 3 rings (SSSR count). The van der Waals surface area contributed by atoms with Crippen LogP contribution in [0.4, 0.5) is 5.69 Å². The lowest BCUT2D eigenvalue weighted by Crippen LogP contribution is -2.36. The highest BCUT2D eigenvalue weighted by molar-refractivity contribution is 6.03. The Hall–Kier alpha value is -2.50. The Labute approximate surface area is 124 Å². The van der Waals surface area contributed by atoms with Crippen molar-refractivity contribution in [1.82, 2.24) is 9.55 Å². The first-order valence-electron chi connectivity index (χ1n) is 8.06. The molecular formula is C15H15N3O3. The minimum Gasteiger partial charge on any atom is -0.398 e. The highest BCUT2D eigenvalue weighted by Gasteiger charge is 2.30. The van der Waals surface area contributed by atoms with E-state index in [1.54, 1.807) is 6.07 Å². The fourth-order valence-electron chi connectivity index (χ4n) is 2.69. The fraction of sp³-hybridized carbons (Fsp3) is 0.333. The van der Waals surface area contributed by atoms with Crippen LogP contribution < -0.4 is 11.3 Å². The highest BCUT2D eigenvalue weighted by atomic mass is 16.2. The average molecular weight is 288 g/mol. The lowest BCUT2D eigenvalue weighted by Gasteiger charge is -2.24. The Morgan fingerprint density at radius 1 is 1.38 bits per heavy atom. The number of rotatable bonds is 1. The normalized spacial score (nSPS) is 21.9. The van der Waals surface area contributed by atoms with Crippen LogP contribution in [0.25, 0.3) is 10.9 Å². The van der Waals surface area contributed by atoms with Gasteiger partial charge in [0.05, 0.1) is 23.4 Å². The van der Waals surface area contributed by atoms with E-state index in [-0.39, 0.29) is 41.6 Å². The summed E-state index contributed by atoms with van der Waals surface area (Å²) < 4.78 is 23.9. The smallest absolute Gasteiger partial charge is 0.264 e. The van der Waals surface area contributed by atoms with E-state index in [9.17, 15) is 14.4 Å². The summed E-state index contributed by atoms with van der Waals surface area (Å²) in [6, 6.07) is 3.57. The third-order valence-corrected chi connectivity index (χ3v) is 3.71. The molecule has 0 unspecified atom stereocenters. The molecule has 6 nitrogen and oxygen atoms in total. The molecule has 0 spiro atoms. The van der Waals surface area contributed by atoms with Crippen molar-refractivity contribution in [3.05, 3.63) is 34.4 Å². The fourth-order valence-corrected chi connectivity index (χ4v) is 2.69. The molecule has 1 aliphatic rings. The summed E-state index contributed by atoms with van der Waals surface area (Å²) in [5, 5.41) is 0.0789. The van der Waals surface area contributed by atoms with E-state index in [1.165, 1.54) is 12.1 Å². The molecule has 0 amide bonds. The maximum absolute atomic E-state index is 12.9. The number of ketones is 2. The molecule has 2 N–H and O–H groups in total. The van der Waals surface area contributed by atoms with Crippen LogP contribution in [0.3, 0.4) is 0 Å². The van der Waals surface area contributed by atoms with Gasteiger partial charge in [-0.05, 0) is 25.4 Å². The van der Waals surface area contributed by atoms with Crippen LogP contribution >= 0.6 is 0 Å². The van der Waals surface area contributed by atoms with E-state index >= 15 is 0 Å². The van der Waals surface area contributed by atoms with Crippen molar-refractivity contribution in [2.75, 3.05) is 5.73 Å². The van der Waals surface area contributed by atoms with Crippen LogP contribution in [0.15, 0.2) is 23.0 Å². The van der Waals surface area contributed by atoms with E-state index < -0.39 is 30.1 Å². The standard InChI is InChI=1S/C15H15N3O3/c1-8-17-11-4-2-3-10(16)14(11)15(21)18(8)12-6-5-9(19)7-13(12)20/h2-4,12H,5-7,16H2,1H3/t12-/m0/s1/i1D3. The molecule has 21 heavy (non-hydrogen) atoms. The topological polar surface area (TPSA) is 95.0 Å². The van der Waals surface area contributed by atoms with Crippen LogP contribution in [-0.2, 0) is 9.59 Å².